The Hall–Kier alpha value is -2.10. The lowest BCUT2D eigenvalue weighted by Gasteiger charge is -2.22. The molecule has 1 aromatic carbocycles. The molecule has 1 unspecified atom stereocenters. The number of benzene rings is 1. The molecule has 4 heteroatoms. The van der Waals surface area contributed by atoms with E-state index in [1.165, 1.54) is 6.08 Å². The number of nitrogens with zero attached hydrogens (tertiary/aromatic N) is 1. The van der Waals surface area contributed by atoms with Crippen molar-refractivity contribution in [2.24, 2.45) is 0 Å². The van der Waals surface area contributed by atoms with Crippen LogP contribution in [0.3, 0.4) is 0 Å². The summed E-state index contributed by atoms with van der Waals surface area (Å²) in [7, 11) is 0. The van der Waals surface area contributed by atoms with E-state index in [9.17, 15) is 9.59 Å². The maximum absolute atomic E-state index is 11.6. The van der Waals surface area contributed by atoms with Crippen molar-refractivity contribution in [3.63, 3.8) is 0 Å². The summed E-state index contributed by atoms with van der Waals surface area (Å²) in [4.78, 5) is 23.6. The zero-order chi connectivity index (χ0) is 13.4. The second kappa shape index (κ2) is 7.27. The van der Waals surface area contributed by atoms with E-state index in [0.29, 0.717) is 12.8 Å². The number of amides is 2. The molecule has 0 aliphatic rings. The van der Waals surface area contributed by atoms with E-state index < -0.39 is 6.09 Å². The van der Waals surface area contributed by atoms with Gasteiger partial charge in [-0.15, -0.1) is 0 Å². The van der Waals surface area contributed by atoms with Crippen LogP contribution in [0.25, 0.3) is 0 Å². The van der Waals surface area contributed by atoms with Crippen LogP contribution in [0, 0.1) is 0 Å². The first-order valence-electron chi connectivity index (χ1n) is 5.74. The van der Waals surface area contributed by atoms with Crippen molar-refractivity contribution in [3.05, 3.63) is 48.6 Å². The number of imide groups is 1. The Kier molecular flexibility index (Phi) is 5.64. The lowest BCUT2D eigenvalue weighted by Crippen LogP contribution is -2.39. The highest BCUT2D eigenvalue weighted by Gasteiger charge is 2.20. The molecule has 1 aromatic rings. The third-order valence-electron chi connectivity index (χ3n) is 2.50. The molecule has 1 atom stereocenters. The molecule has 0 saturated carbocycles. The number of hydrogen-bond acceptors (Lipinski definition) is 3. The largest absolute Gasteiger partial charge is 0.445 e. The fraction of sp³-hybridized carbons (Fsp3) is 0.286. The van der Waals surface area contributed by atoms with Gasteiger partial charge in [0.05, 0.1) is 0 Å². The lowest BCUT2D eigenvalue weighted by atomic mass is 10.1. The normalized spacial score (nSPS) is 11.4. The molecule has 96 valence electrons. The van der Waals surface area contributed by atoms with Gasteiger partial charge in [0, 0.05) is 6.04 Å². The first-order valence-corrected chi connectivity index (χ1v) is 5.74. The van der Waals surface area contributed by atoms with Gasteiger partial charge in [-0.25, -0.2) is 9.69 Å². The molecule has 18 heavy (non-hydrogen) atoms. The van der Waals surface area contributed by atoms with Crippen molar-refractivity contribution < 1.29 is 14.3 Å². The molecule has 0 saturated heterocycles. The Balaban J connectivity index is 2.62. The van der Waals surface area contributed by atoms with Crippen molar-refractivity contribution >= 4 is 12.5 Å². The predicted octanol–water partition coefficient (Wildman–Crippen LogP) is 2.40. The molecule has 0 fully saturated rings. The van der Waals surface area contributed by atoms with Gasteiger partial charge in [0.25, 0.3) is 0 Å². The van der Waals surface area contributed by atoms with Crippen LogP contribution in [0.1, 0.15) is 12.5 Å². The van der Waals surface area contributed by atoms with Gasteiger partial charge in [-0.1, -0.05) is 43.0 Å². The predicted molar refractivity (Wildman–Crippen MR) is 69.1 cm³/mol. The second-order valence-electron chi connectivity index (χ2n) is 3.92. The molecule has 1 rings (SSSR count). The Morgan fingerprint density at radius 3 is 2.67 bits per heavy atom. The highest BCUT2D eigenvalue weighted by atomic mass is 16.6. The molecule has 0 aliphatic heterocycles. The van der Waals surface area contributed by atoms with Gasteiger partial charge in [0.1, 0.15) is 6.61 Å². The summed E-state index contributed by atoms with van der Waals surface area (Å²) >= 11 is 0. The monoisotopic (exact) mass is 247 g/mol. The number of hydrogen-bond donors (Lipinski definition) is 0. The van der Waals surface area contributed by atoms with Crippen molar-refractivity contribution in [2.45, 2.75) is 19.4 Å². The summed E-state index contributed by atoms with van der Waals surface area (Å²) in [6.45, 7) is 5.35. The third kappa shape index (κ3) is 4.05. The van der Waals surface area contributed by atoms with Gasteiger partial charge >= 0.3 is 6.09 Å². The quantitative estimate of drug-likeness (QED) is 0.573. The molecule has 0 heterocycles. The van der Waals surface area contributed by atoms with Crippen molar-refractivity contribution in [3.8, 4) is 0 Å². The molecule has 2 amide bonds. The van der Waals surface area contributed by atoms with Gasteiger partial charge in [0.15, 0.2) is 0 Å². The van der Waals surface area contributed by atoms with E-state index in [0.717, 1.165) is 10.5 Å². The van der Waals surface area contributed by atoms with Gasteiger partial charge in [0.2, 0.25) is 6.41 Å². The summed E-state index contributed by atoms with van der Waals surface area (Å²) in [6, 6.07) is 9.42. The summed E-state index contributed by atoms with van der Waals surface area (Å²) in [5.74, 6) is 0. The topological polar surface area (TPSA) is 46.6 Å². The first kappa shape index (κ1) is 14.0. The molecule has 0 aromatic heterocycles. The average molecular weight is 247 g/mol. The van der Waals surface area contributed by atoms with Gasteiger partial charge in [-0.3, -0.25) is 4.79 Å². The van der Waals surface area contributed by atoms with Crippen LogP contribution in [-0.4, -0.2) is 30.1 Å². The van der Waals surface area contributed by atoms with Crippen LogP contribution in [-0.2, 0) is 16.0 Å². The summed E-state index contributed by atoms with van der Waals surface area (Å²) in [5.41, 5.74) is 1.06. The minimum absolute atomic E-state index is 0.0984. The zero-order valence-corrected chi connectivity index (χ0v) is 10.4. The molecule has 0 N–H and O–H groups in total. The van der Waals surface area contributed by atoms with E-state index in [1.807, 2.05) is 30.3 Å². The Morgan fingerprint density at radius 2 is 2.11 bits per heavy atom. The summed E-state index contributed by atoms with van der Waals surface area (Å²) in [6.07, 6.45) is 1.91. The standard InChI is InChI=1S/C14H17NO3/c1-3-9-18-14(17)15(11-16)12(2)10-13-7-5-4-6-8-13/h3-8,11-12H,1,9-10H2,2H3. The minimum atomic E-state index is -0.645. The number of rotatable bonds is 6. The number of carbonyl (C=O) groups excluding carboxylic acids is 2. The molecular weight excluding hydrogens is 230 g/mol. The minimum Gasteiger partial charge on any atom is -0.445 e. The smallest absolute Gasteiger partial charge is 0.416 e. The SMILES string of the molecule is C=CCOC(=O)N(C=O)C(C)Cc1ccccc1. The van der Waals surface area contributed by atoms with Crippen LogP contribution in [0.15, 0.2) is 43.0 Å². The van der Waals surface area contributed by atoms with Crippen LogP contribution in [0.5, 0.6) is 0 Å². The highest BCUT2D eigenvalue weighted by molar-refractivity contribution is 5.80. The maximum atomic E-state index is 11.6. The molecule has 0 radical (unpaired) electrons. The van der Waals surface area contributed by atoms with Crippen LogP contribution in [0.4, 0.5) is 4.79 Å². The van der Waals surface area contributed by atoms with Crippen LogP contribution in [0.2, 0.25) is 0 Å². The third-order valence-corrected chi connectivity index (χ3v) is 2.50. The van der Waals surface area contributed by atoms with E-state index in [-0.39, 0.29) is 12.6 Å². The van der Waals surface area contributed by atoms with Gasteiger partial charge in [-0.2, -0.15) is 0 Å². The van der Waals surface area contributed by atoms with E-state index in [2.05, 4.69) is 6.58 Å². The lowest BCUT2D eigenvalue weighted by molar-refractivity contribution is -0.118. The molecule has 0 spiro atoms. The van der Waals surface area contributed by atoms with Crippen molar-refractivity contribution in [2.75, 3.05) is 6.61 Å². The first-order chi connectivity index (χ1) is 8.69. The molecular formula is C14H17NO3. The van der Waals surface area contributed by atoms with E-state index in [1.54, 1.807) is 6.92 Å². The maximum Gasteiger partial charge on any atom is 0.416 e. The van der Waals surface area contributed by atoms with Crippen molar-refractivity contribution in [1.82, 2.24) is 4.90 Å². The molecule has 4 nitrogen and oxygen atoms in total. The Labute approximate surface area is 107 Å². The fourth-order valence-corrected chi connectivity index (χ4v) is 1.59. The Bertz CT molecular complexity index is 403. The summed E-state index contributed by atoms with van der Waals surface area (Å²) in [5, 5.41) is 0. The number of carbonyl (C=O) groups is 2. The van der Waals surface area contributed by atoms with Gasteiger partial charge in [-0.05, 0) is 18.9 Å². The molecule has 0 bridgehead atoms. The molecule has 0 aliphatic carbocycles. The highest BCUT2D eigenvalue weighted by Crippen LogP contribution is 2.08. The average Bonchev–Trinajstić information content (AvgIpc) is 2.38. The van der Waals surface area contributed by atoms with Crippen LogP contribution < -0.4 is 0 Å². The van der Waals surface area contributed by atoms with Crippen molar-refractivity contribution in [1.29, 1.82) is 0 Å². The number of ether oxygens (including phenoxy) is 1. The Morgan fingerprint density at radius 1 is 1.44 bits per heavy atom. The summed E-state index contributed by atoms with van der Waals surface area (Å²) < 4.78 is 4.84. The van der Waals surface area contributed by atoms with E-state index >= 15 is 0 Å². The zero-order valence-electron chi connectivity index (χ0n) is 10.4. The second-order valence-corrected chi connectivity index (χ2v) is 3.92. The fourth-order valence-electron chi connectivity index (χ4n) is 1.59. The van der Waals surface area contributed by atoms with E-state index in [4.69, 9.17) is 4.74 Å². The van der Waals surface area contributed by atoms with Gasteiger partial charge < -0.3 is 4.74 Å². The van der Waals surface area contributed by atoms with Crippen LogP contribution >= 0.6 is 0 Å².